The molecule has 8 nitrogen and oxygen atoms in total. The number of carbonyl (C=O) groups excluding carboxylic acids is 1. The SMILES string of the molecule is CN(CC(=O)NC1CN([C@H]2CC[C@](O)(c3nccs3)CC2)C1)c1ncnc2ccc(C(F)(F)F)cc12. The van der Waals surface area contributed by atoms with E-state index in [0.29, 0.717) is 24.4 Å². The van der Waals surface area contributed by atoms with E-state index >= 15 is 0 Å². The predicted octanol–water partition coefficient (Wildman–Crippen LogP) is 3.17. The Labute approximate surface area is 210 Å². The maximum atomic E-state index is 13.2. The Kier molecular flexibility index (Phi) is 6.60. The van der Waals surface area contributed by atoms with Gasteiger partial charge in [0.25, 0.3) is 0 Å². The highest BCUT2D eigenvalue weighted by atomic mass is 32.1. The Balaban J connectivity index is 1.13. The van der Waals surface area contributed by atoms with E-state index in [9.17, 15) is 23.1 Å². The second kappa shape index (κ2) is 9.56. The Bertz CT molecular complexity index is 1220. The molecule has 0 radical (unpaired) electrons. The van der Waals surface area contributed by atoms with Gasteiger partial charge in [-0.2, -0.15) is 13.2 Å². The molecule has 0 atom stereocenters. The smallest absolute Gasteiger partial charge is 0.383 e. The summed E-state index contributed by atoms with van der Waals surface area (Å²) in [5.74, 6) is 0.0501. The first-order chi connectivity index (χ1) is 17.1. The fourth-order valence-electron chi connectivity index (χ4n) is 5.10. The van der Waals surface area contributed by atoms with Gasteiger partial charge in [0.2, 0.25) is 5.91 Å². The molecular formula is C24H27F3N6O2S. The monoisotopic (exact) mass is 520 g/mol. The summed E-state index contributed by atoms with van der Waals surface area (Å²) in [6.07, 6.45) is 1.62. The Morgan fingerprint density at radius 3 is 2.67 bits per heavy atom. The van der Waals surface area contributed by atoms with Crippen LogP contribution in [0, 0.1) is 0 Å². The molecule has 12 heteroatoms. The predicted molar refractivity (Wildman–Crippen MR) is 130 cm³/mol. The molecule has 5 rings (SSSR count). The van der Waals surface area contributed by atoms with Gasteiger partial charge < -0.3 is 15.3 Å². The number of rotatable bonds is 6. The van der Waals surface area contributed by atoms with Crippen LogP contribution in [0.1, 0.15) is 36.3 Å². The second-order valence-corrected chi connectivity index (χ2v) is 10.5. The summed E-state index contributed by atoms with van der Waals surface area (Å²) in [5.41, 5.74) is -1.24. The van der Waals surface area contributed by atoms with Crippen LogP contribution < -0.4 is 10.2 Å². The number of halogens is 3. The number of nitrogens with one attached hydrogen (secondary N) is 1. The molecule has 36 heavy (non-hydrogen) atoms. The molecule has 3 aromatic rings. The number of aliphatic hydroxyl groups is 1. The Hall–Kier alpha value is -2.83. The molecule has 192 valence electrons. The van der Waals surface area contributed by atoms with Crippen LogP contribution >= 0.6 is 11.3 Å². The highest BCUT2D eigenvalue weighted by Gasteiger charge is 2.41. The first-order valence-corrected chi connectivity index (χ1v) is 12.7. The van der Waals surface area contributed by atoms with E-state index in [1.807, 2.05) is 5.38 Å². The van der Waals surface area contributed by atoms with Crippen molar-refractivity contribution in [3.8, 4) is 0 Å². The van der Waals surface area contributed by atoms with E-state index in [0.717, 1.165) is 43.1 Å². The average Bonchev–Trinajstić information content (AvgIpc) is 3.37. The van der Waals surface area contributed by atoms with E-state index < -0.39 is 17.3 Å². The molecule has 2 N–H and O–H groups in total. The number of nitrogens with zero attached hydrogens (tertiary/aromatic N) is 5. The van der Waals surface area contributed by atoms with Crippen molar-refractivity contribution in [1.82, 2.24) is 25.2 Å². The van der Waals surface area contributed by atoms with Crippen molar-refractivity contribution in [3.05, 3.63) is 46.7 Å². The molecule has 1 saturated heterocycles. The van der Waals surface area contributed by atoms with Gasteiger partial charge in [-0.25, -0.2) is 15.0 Å². The lowest BCUT2D eigenvalue weighted by molar-refractivity contribution is -0.137. The molecule has 0 unspecified atom stereocenters. The number of carbonyl (C=O) groups is 1. The summed E-state index contributed by atoms with van der Waals surface area (Å²) in [6.45, 7) is 1.44. The third kappa shape index (κ3) is 5.02. The Morgan fingerprint density at radius 2 is 2.00 bits per heavy atom. The molecule has 1 saturated carbocycles. The van der Waals surface area contributed by atoms with E-state index in [1.165, 1.54) is 28.6 Å². The average molecular weight is 521 g/mol. The number of thiazole rings is 1. The van der Waals surface area contributed by atoms with Crippen LogP contribution in [0.4, 0.5) is 19.0 Å². The number of likely N-dealkylation sites (tertiary alicyclic amines) is 1. The topological polar surface area (TPSA) is 94.5 Å². The summed E-state index contributed by atoms with van der Waals surface area (Å²) in [5, 5.41) is 16.8. The van der Waals surface area contributed by atoms with E-state index in [4.69, 9.17) is 0 Å². The van der Waals surface area contributed by atoms with Gasteiger partial charge in [0, 0.05) is 43.1 Å². The van der Waals surface area contributed by atoms with Crippen LogP contribution in [0.2, 0.25) is 0 Å². The van der Waals surface area contributed by atoms with Crippen molar-refractivity contribution >= 4 is 34.0 Å². The number of amides is 1. The molecule has 1 amide bonds. The highest BCUT2D eigenvalue weighted by Crippen LogP contribution is 2.40. The van der Waals surface area contributed by atoms with Gasteiger partial charge in [-0.05, 0) is 43.9 Å². The lowest BCUT2D eigenvalue weighted by Gasteiger charge is -2.48. The minimum atomic E-state index is -4.48. The van der Waals surface area contributed by atoms with E-state index in [2.05, 4.69) is 25.2 Å². The number of alkyl halides is 3. The number of aromatic nitrogens is 3. The van der Waals surface area contributed by atoms with Gasteiger partial charge in [-0.15, -0.1) is 11.3 Å². The van der Waals surface area contributed by atoms with Crippen molar-refractivity contribution in [2.75, 3.05) is 31.6 Å². The second-order valence-electron chi connectivity index (χ2n) is 9.60. The van der Waals surface area contributed by atoms with Crippen LogP contribution in [-0.2, 0) is 16.6 Å². The van der Waals surface area contributed by atoms with Gasteiger partial charge >= 0.3 is 6.18 Å². The van der Waals surface area contributed by atoms with E-state index in [-0.39, 0.29) is 29.7 Å². The first-order valence-electron chi connectivity index (χ1n) is 11.8. The van der Waals surface area contributed by atoms with Crippen LogP contribution in [0.25, 0.3) is 10.9 Å². The van der Waals surface area contributed by atoms with Crippen LogP contribution in [0.15, 0.2) is 36.1 Å². The maximum absolute atomic E-state index is 13.2. The molecule has 1 aliphatic heterocycles. The van der Waals surface area contributed by atoms with Gasteiger partial charge in [-0.3, -0.25) is 9.69 Å². The minimum Gasteiger partial charge on any atom is -0.383 e. The van der Waals surface area contributed by atoms with Crippen LogP contribution in [0.3, 0.4) is 0 Å². The van der Waals surface area contributed by atoms with E-state index in [1.54, 1.807) is 13.2 Å². The van der Waals surface area contributed by atoms with Gasteiger partial charge in [0.05, 0.1) is 23.7 Å². The fourth-order valence-corrected chi connectivity index (χ4v) is 5.90. The van der Waals surface area contributed by atoms with Crippen molar-refractivity contribution in [2.24, 2.45) is 0 Å². The zero-order chi connectivity index (χ0) is 25.5. The fraction of sp³-hybridized carbons (Fsp3) is 0.500. The molecular weight excluding hydrogens is 493 g/mol. The molecule has 1 aromatic carbocycles. The molecule has 3 heterocycles. The largest absolute Gasteiger partial charge is 0.416 e. The number of hydrogen-bond donors (Lipinski definition) is 2. The third-order valence-electron chi connectivity index (χ3n) is 7.09. The molecule has 0 spiro atoms. The summed E-state index contributed by atoms with van der Waals surface area (Å²) in [4.78, 5) is 29.0. The Morgan fingerprint density at radius 1 is 1.25 bits per heavy atom. The van der Waals surface area contributed by atoms with Crippen LogP contribution in [0.5, 0.6) is 0 Å². The number of anilines is 1. The summed E-state index contributed by atoms with van der Waals surface area (Å²) in [6, 6.07) is 3.70. The highest BCUT2D eigenvalue weighted by molar-refractivity contribution is 7.09. The van der Waals surface area contributed by atoms with Crippen LogP contribution in [-0.4, -0.2) is 69.6 Å². The summed E-state index contributed by atoms with van der Waals surface area (Å²) < 4.78 is 39.5. The number of hydrogen-bond acceptors (Lipinski definition) is 8. The quantitative estimate of drug-likeness (QED) is 0.516. The lowest BCUT2D eigenvalue weighted by Crippen LogP contribution is -2.63. The number of likely N-dealkylation sites (N-methyl/N-ethyl adjacent to an activating group) is 1. The molecule has 0 bridgehead atoms. The van der Waals surface area contributed by atoms with Crippen molar-refractivity contribution < 1.29 is 23.1 Å². The summed E-state index contributed by atoms with van der Waals surface area (Å²) in [7, 11) is 1.63. The third-order valence-corrected chi connectivity index (χ3v) is 8.05. The van der Waals surface area contributed by atoms with Gasteiger partial charge in [-0.1, -0.05) is 0 Å². The van der Waals surface area contributed by atoms with Crippen molar-refractivity contribution in [1.29, 1.82) is 0 Å². The molecule has 2 fully saturated rings. The van der Waals surface area contributed by atoms with Gasteiger partial charge in [0.1, 0.15) is 22.8 Å². The zero-order valence-corrected chi connectivity index (χ0v) is 20.5. The zero-order valence-electron chi connectivity index (χ0n) is 19.7. The lowest BCUT2D eigenvalue weighted by atomic mass is 9.81. The maximum Gasteiger partial charge on any atom is 0.416 e. The van der Waals surface area contributed by atoms with Crippen molar-refractivity contribution in [3.63, 3.8) is 0 Å². The summed E-state index contributed by atoms with van der Waals surface area (Å²) >= 11 is 1.49. The first kappa shape index (κ1) is 24.8. The standard InChI is InChI=1S/C24H27F3N6O2S/c1-32(21-18-10-15(24(25,26)27)2-3-19(18)29-14-30-21)13-20(34)31-16-11-33(12-16)17-4-6-23(35,7-5-17)22-28-8-9-36-22/h2-3,8-10,14,16-17,35H,4-7,11-13H2,1H3,(H,31,34)/t17-,23+. The number of benzene rings is 1. The molecule has 2 aromatic heterocycles. The molecule has 2 aliphatic rings. The number of fused-ring (bicyclic) bond motifs is 1. The van der Waals surface area contributed by atoms with Crippen molar-refractivity contribution in [2.45, 2.75) is 49.5 Å². The van der Waals surface area contributed by atoms with Gasteiger partial charge in [0.15, 0.2) is 0 Å². The molecule has 1 aliphatic carbocycles. The minimum absolute atomic E-state index is 0.0182. The normalized spacial score (nSPS) is 23.4.